The number of benzene rings is 1. The fourth-order valence-corrected chi connectivity index (χ4v) is 1.89. The third kappa shape index (κ3) is 5.28. The highest BCUT2D eigenvalue weighted by atomic mass is 79.9. The van der Waals surface area contributed by atoms with Crippen molar-refractivity contribution in [1.29, 1.82) is 0 Å². The summed E-state index contributed by atoms with van der Waals surface area (Å²) in [7, 11) is 0. The Kier molecular flexibility index (Phi) is 5.88. The molecule has 0 saturated carbocycles. The Balaban J connectivity index is 2.31. The summed E-state index contributed by atoms with van der Waals surface area (Å²) in [5.74, 6) is -0.181. The second-order valence-corrected chi connectivity index (χ2v) is 4.71. The molecule has 1 atom stereocenters. The van der Waals surface area contributed by atoms with Gasteiger partial charge in [0, 0.05) is 18.0 Å². The largest absolute Gasteiger partial charge is 0.382 e. The molecule has 1 unspecified atom stereocenters. The molecular formula is C12H16BrFO. The molecular weight excluding hydrogens is 259 g/mol. The zero-order valence-corrected chi connectivity index (χ0v) is 10.5. The highest BCUT2D eigenvalue weighted by molar-refractivity contribution is 9.09. The van der Waals surface area contributed by atoms with Crippen LogP contribution in [0.1, 0.15) is 18.9 Å². The summed E-state index contributed by atoms with van der Waals surface area (Å²) in [6, 6.07) is 6.64. The van der Waals surface area contributed by atoms with Crippen molar-refractivity contribution in [2.45, 2.75) is 24.6 Å². The van der Waals surface area contributed by atoms with Crippen LogP contribution in [0.25, 0.3) is 0 Å². The van der Waals surface area contributed by atoms with Crippen LogP contribution >= 0.6 is 15.9 Å². The lowest BCUT2D eigenvalue weighted by Gasteiger charge is -2.09. The predicted molar refractivity (Wildman–Crippen MR) is 63.9 cm³/mol. The van der Waals surface area contributed by atoms with Gasteiger partial charge in [-0.05, 0) is 37.5 Å². The first kappa shape index (κ1) is 12.7. The van der Waals surface area contributed by atoms with Gasteiger partial charge in [0.05, 0.1) is 0 Å². The summed E-state index contributed by atoms with van der Waals surface area (Å²) in [4.78, 5) is 0.398. The van der Waals surface area contributed by atoms with Gasteiger partial charge in [0.1, 0.15) is 5.82 Å². The summed E-state index contributed by atoms with van der Waals surface area (Å²) >= 11 is 3.59. The lowest BCUT2D eigenvalue weighted by atomic mass is 10.1. The van der Waals surface area contributed by atoms with E-state index in [1.54, 1.807) is 0 Å². The lowest BCUT2D eigenvalue weighted by molar-refractivity contribution is 0.145. The summed E-state index contributed by atoms with van der Waals surface area (Å²) in [6.45, 7) is 3.52. The van der Waals surface area contributed by atoms with Gasteiger partial charge < -0.3 is 4.74 Å². The van der Waals surface area contributed by atoms with Crippen molar-refractivity contribution in [3.8, 4) is 0 Å². The number of rotatable bonds is 6. The summed E-state index contributed by atoms with van der Waals surface area (Å²) in [5, 5.41) is 0. The molecule has 1 rings (SSSR count). The van der Waals surface area contributed by atoms with Gasteiger partial charge in [-0.3, -0.25) is 0 Å². The minimum atomic E-state index is -0.181. The Labute approximate surface area is 98.8 Å². The van der Waals surface area contributed by atoms with Gasteiger partial charge in [-0.2, -0.15) is 0 Å². The van der Waals surface area contributed by atoms with Crippen molar-refractivity contribution in [2.75, 3.05) is 13.2 Å². The zero-order chi connectivity index (χ0) is 11.1. The minimum Gasteiger partial charge on any atom is -0.382 e. The highest BCUT2D eigenvalue weighted by Gasteiger charge is 2.05. The van der Waals surface area contributed by atoms with E-state index in [1.165, 1.54) is 12.1 Å². The van der Waals surface area contributed by atoms with Crippen LogP contribution < -0.4 is 0 Å². The molecule has 0 aromatic heterocycles. The molecule has 84 valence electrons. The van der Waals surface area contributed by atoms with E-state index in [0.717, 1.165) is 31.6 Å². The van der Waals surface area contributed by atoms with Crippen LogP contribution in [0.5, 0.6) is 0 Å². The maximum atomic E-state index is 12.6. The Bertz CT molecular complexity index is 273. The number of ether oxygens (including phenoxy) is 1. The number of hydrogen-bond donors (Lipinski definition) is 0. The Morgan fingerprint density at radius 2 is 2.00 bits per heavy atom. The minimum absolute atomic E-state index is 0.181. The lowest BCUT2D eigenvalue weighted by Crippen LogP contribution is -2.07. The van der Waals surface area contributed by atoms with Gasteiger partial charge in [-0.1, -0.05) is 28.1 Å². The van der Waals surface area contributed by atoms with Crippen LogP contribution in [0.2, 0.25) is 0 Å². The monoisotopic (exact) mass is 274 g/mol. The molecule has 0 aliphatic heterocycles. The van der Waals surface area contributed by atoms with E-state index >= 15 is 0 Å². The van der Waals surface area contributed by atoms with Crippen LogP contribution in [0, 0.1) is 5.82 Å². The number of halogens is 2. The van der Waals surface area contributed by atoms with E-state index in [4.69, 9.17) is 4.74 Å². The molecule has 0 N–H and O–H groups in total. The van der Waals surface area contributed by atoms with Gasteiger partial charge in [0.25, 0.3) is 0 Å². The molecule has 3 heteroatoms. The molecule has 15 heavy (non-hydrogen) atoms. The van der Waals surface area contributed by atoms with E-state index < -0.39 is 0 Å². The average Bonchev–Trinajstić information content (AvgIpc) is 2.22. The third-order valence-corrected chi connectivity index (χ3v) is 2.93. The summed E-state index contributed by atoms with van der Waals surface area (Å²) in [6.07, 6.45) is 1.89. The molecule has 0 spiro atoms. The summed E-state index contributed by atoms with van der Waals surface area (Å²) in [5.41, 5.74) is 1.15. The molecule has 0 heterocycles. The quantitative estimate of drug-likeness (QED) is 0.569. The first-order chi connectivity index (χ1) is 7.22. The van der Waals surface area contributed by atoms with Crippen LogP contribution in [0.4, 0.5) is 4.39 Å². The van der Waals surface area contributed by atoms with Crippen LogP contribution in [-0.2, 0) is 11.2 Å². The predicted octanol–water partition coefficient (Wildman–Crippen LogP) is 3.56. The van der Waals surface area contributed by atoms with E-state index in [1.807, 2.05) is 19.1 Å². The number of alkyl halides is 1. The van der Waals surface area contributed by atoms with Gasteiger partial charge in [0.15, 0.2) is 0 Å². The molecule has 0 radical (unpaired) electrons. The second kappa shape index (κ2) is 6.96. The molecule has 1 nitrogen and oxygen atoms in total. The topological polar surface area (TPSA) is 9.23 Å². The standard InChI is InChI=1S/C12H16BrFO/c1-2-15-8-7-11(13)9-10-3-5-12(14)6-4-10/h3-6,11H,2,7-9H2,1H3. The van der Waals surface area contributed by atoms with Crippen LogP contribution in [0.3, 0.4) is 0 Å². The zero-order valence-electron chi connectivity index (χ0n) is 8.88. The Hall–Kier alpha value is -0.410. The fourth-order valence-electron chi connectivity index (χ4n) is 1.33. The van der Waals surface area contributed by atoms with Gasteiger partial charge in [-0.25, -0.2) is 4.39 Å². The molecule has 0 aliphatic carbocycles. The fraction of sp³-hybridized carbons (Fsp3) is 0.500. The van der Waals surface area contributed by atoms with Crippen molar-refractivity contribution in [1.82, 2.24) is 0 Å². The van der Waals surface area contributed by atoms with Crippen molar-refractivity contribution in [3.63, 3.8) is 0 Å². The van der Waals surface area contributed by atoms with Crippen molar-refractivity contribution >= 4 is 15.9 Å². The second-order valence-electron chi connectivity index (χ2n) is 3.41. The molecule has 0 aliphatic rings. The molecule has 0 saturated heterocycles. The van der Waals surface area contributed by atoms with E-state index in [9.17, 15) is 4.39 Å². The third-order valence-electron chi connectivity index (χ3n) is 2.15. The molecule has 0 amide bonds. The van der Waals surface area contributed by atoms with Gasteiger partial charge in [0.2, 0.25) is 0 Å². The van der Waals surface area contributed by atoms with Crippen molar-refractivity contribution < 1.29 is 9.13 Å². The van der Waals surface area contributed by atoms with Crippen molar-refractivity contribution in [2.24, 2.45) is 0 Å². The summed E-state index contributed by atoms with van der Waals surface area (Å²) < 4.78 is 17.9. The van der Waals surface area contributed by atoms with Crippen LogP contribution in [-0.4, -0.2) is 18.0 Å². The molecule has 0 fully saturated rings. The van der Waals surface area contributed by atoms with E-state index in [-0.39, 0.29) is 5.82 Å². The molecule has 1 aromatic rings. The Morgan fingerprint density at radius 3 is 2.60 bits per heavy atom. The maximum absolute atomic E-state index is 12.6. The first-order valence-corrected chi connectivity index (χ1v) is 6.10. The van der Waals surface area contributed by atoms with E-state index in [2.05, 4.69) is 15.9 Å². The van der Waals surface area contributed by atoms with E-state index in [0.29, 0.717) is 4.83 Å². The van der Waals surface area contributed by atoms with Gasteiger partial charge in [-0.15, -0.1) is 0 Å². The normalized spacial score (nSPS) is 12.7. The Morgan fingerprint density at radius 1 is 1.33 bits per heavy atom. The smallest absolute Gasteiger partial charge is 0.123 e. The average molecular weight is 275 g/mol. The first-order valence-electron chi connectivity index (χ1n) is 5.18. The van der Waals surface area contributed by atoms with Gasteiger partial charge >= 0.3 is 0 Å². The molecule has 0 bridgehead atoms. The number of hydrogen-bond acceptors (Lipinski definition) is 1. The highest BCUT2D eigenvalue weighted by Crippen LogP contribution is 2.14. The van der Waals surface area contributed by atoms with Crippen LogP contribution in [0.15, 0.2) is 24.3 Å². The maximum Gasteiger partial charge on any atom is 0.123 e. The molecule has 1 aromatic carbocycles. The van der Waals surface area contributed by atoms with Crippen molar-refractivity contribution in [3.05, 3.63) is 35.6 Å². The SMILES string of the molecule is CCOCCC(Br)Cc1ccc(F)cc1.